The van der Waals surface area contributed by atoms with Crippen LogP contribution in [0, 0.1) is 6.92 Å². The maximum absolute atomic E-state index is 13.2. The van der Waals surface area contributed by atoms with Gasteiger partial charge in [0, 0.05) is 30.1 Å². The summed E-state index contributed by atoms with van der Waals surface area (Å²) in [7, 11) is 0. The fraction of sp³-hybridized carbons (Fsp3) is 0.304. The highest BCUT2D eigenvalue weighted by Crippen LogP contribution is 2.27. The number of carbonyl (C=O) groups is 1. The molecule has 0 atom stereocenters. The molecule has 3 aromatic rings. The van der Waals surface area contributed by atoms with Gasteiger partial charge in [-0.1, -0.05) is 43.3 Å². The number of halogens is 1. The van der Waals surface area contributed by atoms with E-state index in [0.717, 1.165) is 18.4 Å². The van der Waals surface area contributed by atoms with Gasteiger partial charge in [0.15, 0.2) is 11.0 Å². The van der Waals surface area contributed by atoms with Gasteiger partial charge in [-0.3, -0.25) is 9.59 Å². The maximum atomic E-state index is 13.2. The van der Waals surface area contributed by atoms with Gasteiger partial charge in [-0.15, -0.1) is 11.6 Å². The first-order valence-electron chi connectivity index (χ1n) is 9.55. The maximum Gasteiger partial charge on any atom is 0.257 e. The molecule has 0 N–H and O–H groups in total. The van der Waals surface area contributed by atoms with E-state index in [1.807, 2.05) is 37.3 Å². The fourth-order valence-corrected chi connectivity index (χ4v) is 3.47. The molecular weight excluding hydrogens is 374 g/mol. The summed E-state index contributed by atoms with van der Waals surface area (Å²) in [6, 6.07) is 14.7. The topological polar surface area (TPSA) is 50.5 Å². The summed E-state index contributed by atoms with van der Waals surface area (Å²) in [6.07, 6.45) is 1.56. The van der Waals surface area contributed by atoms with Crippen molar-refractivity contribution in [2.24, 2.45) is 0 Å². The lowest BCUT2D eigenvalue weighted by Crippen LogP contribution is -2.33. The minimum atomic E-state index is -0.136. The molecule has 0 radical (unpaired) electrons. The van der Waals surface area contributed by atoms with E-state index in [9.17, 15) is 9.59 Å². The van der Waals surface area contributed by atoms with Gasteiger partial charge in [0.05, 0.1) is 10.9 Å². The third-order valence-electron chi connectivity index (χ3n) is 4.75. The third kappa shape index (κ3) is 3.97. The molecule has 0 unspecified atom stereocenters. The summed E-state index contributed by atoms with van der Waals surface area (Å²) in [6.45, 7) is 5.00. The summed E-state index contributed by atoms with van der Waals surface area (Å²) in [5, 5.41) is 0.428. The molecule has 0 saturated carbocycles. The van der Waals surface area contributed by atoms with Gasteiger partial charge in [0.2, 0.25) is 0 Å². The molecule has 1 amide bonds. The lowest BCUT2D eigenvalue weighted by molar-refractivity contribution is 0.0757. The summed E-state index contributed by atoms with van der Waals surface area (Å²) < 4.78 is 6.17. The van der Waals surface area contributed by atoms with Gasteiger partial charge in [-0.25, -0.2) is 0 Å². The van der Waals surface area contributed by atoms with Crippen LogP contribution in [0.15, 0.2) is 57.7 Å². The van der Waals surface area contributed by atoms with Crippen LogP contribution < -0.4 is 5.43 Å². The number of fused-ring (bicyclic) bond motifs is 1. The van der Waals surface area contributed by atoms with Crippen LogP contribution in [0.4, 0.5) is 0 Å². The Morgan fingerprint density at radius 3 is 2.50 bits per heavy atom. The highest BCUT2D eigenvalue weighted by atomic mass is 35.5. The zero-order chi connectivity index (χ0) is 20.1. The van der Waals surface area contributed by atoms with E-state index >= 15 is 0 Å². The van der Waals surface area contributed by atoms with Gasteiger partial charge in [0.1, 0.15) is 5.76 Å². The van der Waals surface area contributed by atoms with E-state index in [1.165, 1.54) is 0 Å². The fourth-order valence-electron chi connectivity index (χ4n) is 3.35. The molecule has 0 saturated heterocycles. The van der Waals surface area contributed by atoms with Crippen molar-refractivity contribution in [3.63, 3.8) is 0 Å². The molecule has 0 aliphatic carbocycles. The Labute approximate surface area is 169 Å². The first kappa shape index (κ1) is 20.2. The summed E-state index contributed by atoms with van der Waals surface area (Å²) in [5.41, 5.74) is 1.99. The Bertz CT molecular complexity index is 1030. The molecule has 0 fully saturated rings. The van der Waals surface area contributed by atoms with Crippen molar-refractivity contribution in [2.75, 3.05) is 19.0 Å². The largest absolute Gasteiger partial charge is 0.455 e. The standard InChI is InChI=1S/C23H24ClNO3/c1-3-14-25(15-8-13-24)23(27)19-12-7-11-18-20(26)16(2)21(28-22(18)19)17-9-5-4-6-10-17/h4-7,9-12H,3,8,13-15H2,1-2H3. The smallest absolute Gasteiger partial charge is 0.257 e. The zero-order valence-electron chi connectivity index (χ0n) is 16.2. The summed E-state index contributed by atoms with van der Waals surface area (Å²) in [4.78, 5) is 28.0. The third-order valence-corrected chi connectivity index (χ3v) is 5.02. The average molecular weight is 398 g/mol. The molecule has 28 heavy (non-hydrogen) atoms. The molecule has 0 spiro atoms. The highest BCUT2D eigenvalue weighted by molar-refractivity contribution is 6.17. The van der Waals surface area contributed by atoms with Gasteiger partial charge < -0.3 is 9.32 Å². The number of para-hydroxylation sites is 1. The predicted molar refractivity (Wildman–Crippen MR) is 114 cm³/mol. The van der Waals surface area contributed by atoms with Crippen molar-refractivity contribution < 1.29 is 9.21 Å². The van der Waals surface area contributed by atoms with E-state index < -0.39 is 0 Å². The molecule has 3 rings (SSSR count). The molecule has 4 nitrogen and oxygen atoms in total. The van der Waals surface area contributed by atoms with Crippen LogP contribution >= 0.6 is 11.6 Å². The van der Waals surface area contributed by atoms with Crippen LogP contribution in [0.3, 0.4) is 0 Å². The van der Waals surface area contributed by atoms with E-state index in [-0.39, 0.29) is 11.3 Å². The number of amides is 1. The van der Waals surface area contributed by atoms with Crippen LogP contribution in [0.25, 0.3) is 22.3 Å². The molecule has 0 bridgehead atoms. The van der Waals surface area contributed by atoms with Crippen molar-refractivity contribution in [2.45, 2.75) is 26.7 Å². The van der Waals surface area contributed by atoms with Gasteiger partial charge in [-0.2, -0.15) is 0 Å². The second-order valence-electron chi connectivity index (χ2n) is 6.77. The van der Waals surface area contributed by atoms with Crippen molar-refractivity contribution in [3.05, 3.63) is 69.9 Å². The Morgan fingerprint density at radius 2 is 1.82 bits per heavy atom. The molecule has 0 aliphatic heterocycles. The lowest BCUT2D eigenvalue weighted by Gasteiger charge is -2.22. The predicted octanol–water partition coefficient (Wildman–Crippen LogP) is 5.25. The van der Waals surface area contributed by atoms with E-state index in [0.29, 0.717) is 46.8 Å². The number of hydrogen-bond donors (Lipinski definition) is 0. The number of alkyl halides is 1. The Morgan fingerprint density at radius 1 is 1.07 bits per heavy atom. The van der Waals surface area contributed by atoms with Crippen molar-refractivity contribution in [1.29, 1.82) is 0 Å². The molecule has 0 aliphatic rings. The van der Waals surface area contributed by atoms with E-state index in [4.69, 9.17) is 16.0 Å². The summed E-state index contributed by atoms with van der Waals surface area (Å²) in [5.74, 6) is 0.861. The minimum Gasteiger partial charge on any atom is -0.455 e. The van der Waals surface area contributed by atoms with Crippen LogP contribution in [0.2, 0.25) is 0 Å². The molecular formula is C23H24ClNO3. The SMILES string of the molecule is CCCN(CCCCl)C(=O)c1cccc2c(=O)c(C)c(-c3ccccc3)oc12. The molecule has 2 aromatic carbocycles. The number of carbonyl (C=O) groups excluding carboxylic acids is 1. The quantitative estimate of drug-likeness (QED) is 0.511. The Balaban J connectivity index is 2.17. The van der Waals surface area contributed by atoms with Crippen molar-refractivity contribution >= 4 is 28.5 Å². The minimum absolute atomic E-state index is 0.113. The number of benzene rings is 2. The first-order chi connectivity index (χ1) is 13.6. The number of hydrogen-bond acceptors (Lipinski definition) is 3. The Kier molecular flexibility index (Phi) is 6.53. The van der Waals surface area contributed by atoms with Gasteiger partial charge in [0.25, 0.3) is 5.91 Å². The molecule has 146 valence electrons. The molecule has 1 heterocycles. The monoisotopic (exact) mass is 397 g/mol. The van der Waals surface area contributed by atoms with Gasteiger partial charge >= 0.3 is 0 Å². The van der Waals surface area contributed by atoms with Gasteiger partial charge in [-0.05, 0) is 31.9 Å². The highest BCUT2D eigenvalue weighted by Gasteiger charge is 2.21. The van der Waals surface area contributed by atoms with Crippen molar-refractivity contribution in [1.82, 2.24) is 4.90 Å². The van der Waals surface area contributed by atoms with Crippen LogP contribution in [0.1, 0.15) is 35.7 Å². The lowest BCUT2D eigenvalue weighted by atomic mass is 10.0. The van der Waals surface area contributed by atoms with E-state index in [2.05, 4.69) is 0 Å². The summed E-state index contributed by atoms with van der Waals surface area (Å²) >= 11 is 5.82. The van der Waals surface area contributed by atoms with Crippen LogP contribution in [-0.2, 0) is 0 Å². The number of nitrogens with zero attached hydrogens (tertiary/aromatic N) is 1. The number of rotatable bonds is 7. The second kappa shape index (κ2) is 9.07. The Hall–Kier alpha value is -2.59. The average Bonchev–Trinajstić information content (AvgIpc) is 2.73. The molecule has 5 heteroatoms. The first-order valence-corrected chi connectivity index (χ1v) is 10.1. The van der Waals surface area contributed by atoms with Crippen molar-refractivity contribution in [3.8, 4) is 11.3 Å². The van der Waals surface area contributed by atoms with E-state index in [1.54, 1.807) is 30.0 Å². The normalized spacial score (nSPS) is 11.0. The second-order valence-corrected chi connectivity index (χ2v) is 7.15. The zero-order valence-corrected chi connectivity index (χ0v) is 17.0. The van der Waals surface area contributed by atoms with Crippen LogP contribution in [0.5, 0.6) is 0 Å². The van der Waals surface area contributed by atoms with Crippen LogP contribution in [-0.4, -0.2) is 29.8 Å². The molecule has 1 aromatic heterocycles.